The number of hydrogen-bond donors (Lipinski definition) is 1. The summed E-state index contributed by atoms with van der Waals surface area (Å²) in [5, 5.41) is 0. The van der Waals surface area contributed by atoms with E-state index in [9.17, 15) is 27.6 Å². The number of nitrogens with zero attached hydrogens (tertiary/aromatic N) is 2. The Morgan fingerprint density at radius 3 is 1.43 bits per heavy atom. The van der Waals surface area contributed by atoms with Crippen LogP contribution in [-0.2, 0) is 51.4 Å². The van der Waals surface area contributed by atoms with Crippen molar-refractivity contribution in [1.82, 2.24) is 9.80 Å². The van der Waals surface area contributed by atoms with Gasteiger partial charge in [0.25, 0.3) is 10.0 Å². The molecule has 58 heavy (non-hydrogen) atoms. The van der Waals surface area contributed by atoms with Gasteiger partial charge in [0.15, 0.2) is 0 Å². The van der Waals surface area contributed by atoms with Gasteiger partial charge >= 0.3 is 24.1 Å². The molecule has 2 heterocycles. The molecule has 0 bridgehead atoms. The topological polar surface area (TPSA) is 158 Å². The summed E-state index contributed by atoms with van der Waals surface area (Å²) in [7, 11) is -4.10. The highest BCUT2D eigenvalue weighted by molar-refractivity contribution is 7.92. The summed E-state index contributed by atoms with van der Waals surface area (Å²) in [6.07, 6.45) is 0.761. The molecule has 2 aliphatic rings. The third kappa shape index (κ3) is 14.2. The smallest absolute Gasteiger partial charge is 0.410 e. The van der Waals surface area contributed by atoms with Gasteiger partial charge in [0.05, 0.1) is 16.7 Å². The first-order valence-electron chi connectivity index (χ1n) is 20.2. The maximum atomic E-state index is 13.9. The molecule has 14 heteroatoms. The maximum Gasteiger partial charge on any atom is 0.410 e. The Morgan fingerprint density at radius 2 is 1.02 bits per heavy atom. The van der Waals surface area contributed by atoms with Gasteiger partial charge in [-0.15, -0.1) is 0 Å². The van der Waals surface area contributed by atoms with Gasteiger partial charge in [-0.1, -0.05) is 24.3 Å². The average molecular weight is 828 g/mol. The maximum absolute atomic E-state index is 13.9. The van der Waals surface area contributed by atoms with Crippen LogP contribution in [0.5, 0.6) is 0 Å². The third-order valence-corrected chi connectivity index (χ3v) is 11.0. The number of likely N-dealkylation sites (tertiary alicyclic amines) is 2. The summed E-state index contributed by atoms with van der Waals surface area (Å²) < 4.78 is 53.2. The molecule has 0 saturated carbocycles. The fourth-order valence-corrected chi connectivity index (χ4v) is 8.30. The fraction of sp³-hybridized carbons (Fsp3) is 0.636. The van der Waals surface area contributed by atoms with E-state index in [0.717, 1.165) is 5.56 Å². The Hall–Kier alpha value is -4.33. The fourth-order valence-electron chi connectivity index (χ4n) is 7.18. The van der Waals surface area contributed by atoms with Gasteiger partial charge in [-0.25, -0.2) is 18.0 Å². The van der Waals surface area contributed by atoms with Crippen LogP contribution in [0.15, 0.2) is 53.4 Å². The lowest BCUT2D eigenvalue weighted by molar-refractivity contribution is -0.163. The largest absolute Gasteiger partial charge is 0.460 e. The molecule has 0 aliphatic carbocycles. The number of carbonyl (C=O) groups excluding carboxylic acids is 4. The number of carbonyl (C=O) groups is 4. The Balaban J connectivity index is 1.52. The molecular formula is C44H65N3O10S. The van der Waals surface area contributed by atoms with Crippen molar-refractivity contribution in [1.29, 1.82) is 0 Å². The van der Waals surface area contributed by atoms with Crippen LogP contribution >= 0.6 is 0 Å². The summed E-state index contributed by atoms with van der Waals surface area (Å²) >= 11 is 0. The zero-order valence-electron chi connectivity index (χ0n) is 36.5. The van der Waals surface area contributed by atoms with Crippen LogP contribution < -0.4 is 4.72 Å². The average Bonchev–Trinajstić information content (AvgIpc) is 3.74. The van der Waals surface area contributed by atoms with E-state index in [-0.39, 0.29) is 35.5 Å². The molecule has 2 aliphatic heterocycles. The lowest BCUT2D eigenvalue weighted by atomic mass is 9.86. The van der Waals surface area contributed by atoms with Crippen LogP contribution in [0.4, 0.5) is 15.3 Å². The van der Waals surface area contributed by atoms with Crippen LogP contribution in [-0.4, -0.2) is 90.9 Å². The predicted octanol–water partition coefficient (Wildman–Crippen LogP) is 8.00. The van der Waals surface area contributed by atoms with Gasteiger partial charge in [-0.05, 0) is 156 Å². The normalized spacial score (nSPS) is 19.0. The highest BCUT2D eigenvalue weighted by Crippen LogP contribution is 2.33. The first-order chi connectivity index (χ1) is 26.6. The first-order valence-corrected chi connectivity index (χ1v) is 21.7. The molecule has 4 atom stereocenters. The van der Waals surface area contributed by atoms with Crippen LogP contribution in [0.25, 0.3) is 0 Å². The number of amides is 2. The van der Waals surface area contributed by atoms with Crippen molar-refractivity contribution in [2.24, 2.45) is 23.7 Å². The van der Waals surface area contributed by atoms with Gasteiger partial charge < -0.3 is 28.7 Å². The van der Waals surface area contributed by atoms with E-state index in [1.54, 1.807) is 109 Å². The third-order valence-electron chi connectivity index (χ3n) is 9.61. The van der Waals surface area contributed by atoms with Crippen LogP contribution in [0.3, 0.4) is 0 Å². The minimum absolute atomic E-state index is 0.0139. The van der Waals surface area contributed by atoms with Crippen LogP contribution in [0, 0.1) is 23.7 Å². The summed E-state index contributed by atoms with van der Waals surface area (Å²) in [5.41, 5.74) is -1.13. The van der Waals surface area contributed by atoms with Crippen molar-refractivity contribution in [3.63, 3.8) is 0 Å². The van der Waals surface area contributed by atoms with E-state index in [1.807, 2.05) is 26.8 Å². The standard InChI is InChI=1S/C44H65N3O10S/c1-41(2,3)54-37(48)35(31-19-21-46(27-31)39(50)56-43(7,8)9)25-29-15-13-17-33(23-29)45-58(52,53)34-18-14-16-30(24-34)26-36(38(49)55-42(4,5)6)32-20-22-47(28-32)40(51)57-44(10,11)12/h13-18,23-24,31-32,35-36,45H,19-22,25-28H2,1-12H3/t31-,32-,35-,36-/m0/s1. The molecule has 322 valence electrons. The highest BCUT2D eigenvalue weighted by atomic mass is 32.2. The quantitative estimate of drug-likeness (QED) is 0.174. The Labute approximate surface area is 345 Å². The second-order valence-corrected chi connectivity index (χ2v) is 21.3. The second-order valence-electron chi connectivity index (χ2n) is 19.6. The summed E-state index contributed by atoms with van der Waals surface area (Å²) in [6, 6.07) is 13.4. The molecule has 2 aromatic carbocycles. The number of rotatable bonds is 11. The molecular weight excluding hydrogens is 763 g/mol. The van der Waals surface area contributed by atoms with Crippen LogP contribution in [0.2, 0.25) is 0 Å². The predicted molar refractivity (Wildman–Crippen MR) is 222 cm³/mol. The van der Waals surface area contributed by atoms with Gasteiger partial charge in [-0.2, -0.15) is 0 Å². The van der Waals surface area contributed by atoms with E-state index in [4.69, 9.17) is 18.9 Å². The summed E-state index contributed by atoms with van der Waals surface area (Å²) in [5.74, 6) is -2.44. The highest BCUT2D eigenvalue weighted by Gasteiger charge is 2.41. The zero-order chi connectivity index (χ0) is 43.4. The van der Waals surface area contributed by atoms with Gasteiger partial charge in [0.2, 0.25) is 0 Å². The lowest BCUT2D eigenvalue weighted by Gasteiger charge is -2.28. The monoisotopic (exact) mass is 827 g/mol. The van der Waals surface area contributed by atoms with Gasteiger partial charge in [0, 0.05) is 31.9 Å². The van der Waals surface area contributed by atoms with Crippen molar-refractivity contribution in [2.75, 3.05) is 30.9 Å². The van der Waals surface area contributed by atoms with Crippen molar-refractivity contribution < 1.29 is 46.5 Å². The van der Waals surface area contributed by atoms with E-state index in [2.05, 4.69) is 4.72 Å². The van der Waals surface area contributed by atoms with Gasteiger partial charge in [-0.3, -0.25) is 14.3 Å². The van der Waals surface area contributed by atoms with Crippen LogP contribution in [0.1, 0.15) is 107 Å². The number of sulfonamides is 1. The Morgan fingerprint density at radius 1 is 0.621 bits per heavy atom. The van der Waals surface area contributed by atoms with E-state index < -0.39 is 62.4 Å². The minimum Gasteiger partial charge on any atom is -0.460 e. The number of anilines is 1. The molecule has 2 aromatic rings. The number of ether oxygens (including phenoxy) is 4. The molecule has 2 saturated heterocycles. The molecule has 4 rings (SSSR count). The summed E-state index contributed by atoms with van der Waals surface area (Å²) in [6.45, 7) is 23.2. The van der Waals surface area contributed by atoms with E-state index >= 15 is 0 Å². The molecule has 0 radical (unpaired) electrons. The lowest BCUT2D eigenvalue weighted by Crippen LogP contribution is -2.38. The molecule has 2 amide bonds. The SMILES string of the molecule is CC(C)(C)OC(=O)[C@@H](Cc1cccc(NS(=O)(=O)c2cccc(C[C@H](C(=O)OC(C)(C)C)[C@H]3CCN(C(=O)OC(C)(C)C)C3)c2)c1)[C@H]1CCN(C(=O)OC(C)(C)C)C1. The molecule has 0 spiro atoms. The number of benzene rings is 2. The Bertz CT molecular complexity index is 1900. The number of esters is 2. The molecule has 0 aromatic heterocycles. The number of nitrogens with one attached hydrogen (secondary N) is 1. The van der Waals surface area contributed by atoms with Crippen molar-refractivity contribution in [2.45, 2.75) is 136 Å². The van der Waals surface area contributed by atoms with Crippen molar-refractivity contribution in [3.05, 3.63) is 59.7 Å². The first kappa shape index (κ1) is 46.4. The zero-order valence-corrected chi connectivity index (χ0v) is 37.3. The number of hydrogen-bond acceptors (Lipinski definition) is 10. The molecule has 1 N–H and O–H groups in total. The Kier molecular flexibility index (Phi) is 14.3. The minimum atomic E-state index is -4.10. The molecule has 2 fully saturated rings. The van der Waals surface area contributed by atoms with E-state index in [1.165, 1.54) is 6.07 Å². The van der Waals surface area contributed by atoms with E-state index in [0.29, 0.717) is 50.3 Å². The van der Waals surface area contributed by atoms with Crippen molar-refractivity contribution >= 4 is 39.8 Å². The molecule has 13 nitrogen and oxygen atoms in total. The van der Waals surface area contributed by atoms with Crippen molar-refractivity contribution in [3.8, 4) is 0 Å². The summed E-state index contributed by atoms with van der Waals surface area (Å²) in [4.78, 5) is 56.2. The molecule has 0 unspecified atom stereocenters. The second kappa shape index (κ2) is 17.9. The van der Waals surface area contributed by atoms with Gasteiger partial charge in [0.1, 0.15) is 22.4 Å².